The first-order chi connectivity index (χ1) is 17.7. The van der Waals surface area contributed by atoms with Gasteiger partial charge in [0, 0.05) is 5.56 Å². The quantitative estimate of drug-likeness (QED) is 0.313. The first kappa shape index (κ1) is 26.9. The Balaban J connectivity index is 1.98. The van der Waals surface area contributed by atoms with Gasteiger partial charge in [0.25, 0.3) is 5.56 Å². The van der Waals surface area contributed by atoms with Crippen molar-refractivity contribution < 1.29 is 24.1 Å². The van der Waals surface area contributed by atoms with Crippen LogP contribution in [0.25, 0.3) is 6.08 Å². The van der Waals surface area contributed by atoms with Gasteiger partial charge in [-0.25, -0.2) is 9.79 Å². The third kappa shape index (κ3) is 5.30. The molecule has 0 saturated carbocycles. The molecule has 2 aromatic carbocycles. The van der Waals surface area contributed by atoms with E-state index in [9.17, 15) is 14.7 Å². The van der Waals surface area contributed by atoms with Crippen molar-refractivity contribution >= 4 is 46.0 Å². The van der Waals surface area contributed by atoms with Gasteiger partial charge in [-0.2, -0.15) is 0 Å². The fourth-order valence-corrected chi connectivity index (χ4v) is 5.81. The summed E-state index contributed by atoms with van der Waals surface area (Å²) in [6.07, 6.45) is 1.62. The molecule has 4 rings (SSSR count). The Morgan fingerprint density at radius 3 is 2.68 bits per heavy atom. The molecule has 1 aromatic heterocycles. The molecule has 1 N–H and O–H groups in total. The number of aromatic hydroxyl groups is 1. The second-order valence-electron chi connectivity index (χ2n) is 8.56. The summed E-state index contributed by atoms with van der Waals surface area (Å²) in [5.74, 6) is 0.397. The number of phenolic OH excluding ortho intramolecular Hbond substituents is 1. The topological polar surface area (TPSA) is 99.4 Å². The molecule has 1 unspecified atom stereocenters. The summed E-state index contributed by atoms with van der Waals surface area (Å²) in [7, 11) is 1.47. The monoisotopic (exact) mass is 634 g/mol. The van der Waals surface area contributed by atoms with E-state index in [0.29, 0.717) is 46.8 Å². The summed E-state index contributed by atoms with van der Waals surface area (Å²) >= 11 is 3.24. The van der Waals surface area contributed by atoms with E-state index in [0.717, 1.165) is 0 Å². The summed E-state index contributed by atoms with van der Waals surface area (Å²) in [4.78, 5) is 32.1. The zero-order chi connectivity index (χ0) is 26.9. The van der Waals surface area contributed by atoms with Gasteiger partial charge < -0.3 is 19.3 Å². The van der Waals surface area contributed by atoms with Crippen LogP contribution in [0.1, 0.15) is 44.9 Å². The largest absolute Gasteiger partial charge is 0.504 e. The lowest BCUT2D eigenvalue weighted by Crippen LogP contribution is -2.40. The number of benzene rings is 2. The zero-order valence-electron chi connectivity index (χ0n) is 21.1. The number of ether oxygens (including phenoxy) is 3. The van der Waals surface area contributed by atoms with Crippen LogP contribution >= 0.6 is 33.9 Å². The van der Waals surface area contributed by atoms with Crippen molar-refractivity contribution in [3.05, 3.63) is 82.1 Å². The number of phenols is 1. The normalized spacial score (nSPS) is 15.4. The Hall–Kier alpha value is -3.12. The number of rotatable bonds is 7. The Morgan fingerprint density at radius 2 is 2.00 bits per heavy atom. The van der Waals surface area contributed by atoms with Gasteiger partial charge in [0.1, 0.15) is 11.8 Å². The molecule has 0 amide bonds. The molecule has 10 heteroatoms. The number of allylic oxidation sites excluding steroid dienone is 1. The fraction of sp³-hybridized carbons (Fsp3) is 0.296. The van der Waals surface area contributed by atoms with Crippen LogP contribution in [0.15, 0.2) is 57.5 Å². The highest BCUT2D eigenvalue weighted by Gasteiger charge is 2.35. The van der Waals surface area contributed by atoms with Crippen molar-refractivity contribution in [2.24, 2.45) is 4.99 Å². The highest BCUT2D eigenvalue weighted by atomic mass is 127. The molecule has 1 aliphatic rings. The second-order valence-corrected chi connectivity index (χ2v) is 10.7. The summed E-state index contributed by atoms with van der Waals surface area (Å²) < 4.78 is 19.3. The molecule has 0 saturated heterocycles. The standard InChI is InChI=1S/C27H27IN2O6S/c1-6-35-26(33)22-15(4)29-27-30(23(22)17-9-7-8-10-19(17)36-14(2)3)25(32)21(37-27)13-16-11-18(28)24(31)20(12-16)34-5/h7-14,23,31H,6H2,1-5H3/b21-13-. The van der Waals surface area contributed by atoms with Crippen LogP contribution in [-0.4, -0.2) is 35.5 Å². The highest BCUT2D eigenvalue weighted by Crippen LogP contribution is 2.36. The maximum atomic E-state index is 13.9. The van der Waals surface area contributed by atoms with Crippen molar-refractivity contribution in [1.82, 2.24) is 4.57 Å². The van der Waals surface area contributed by atoms with Gasteiger partial charge in [-0.1, -0.05) is 29.5 Å². The molecule has 1 aliphatic heterocycles. The van der Waals surface area contributed by atoms with Gasteiger partial charge >= 0.3 is 5.97 Å². The Labute approximate surface area is 231 Å². The fourth-order valence-electron chi connectivity index (χ4n) is 4.14. The number of methoxy groups -OCH3 is 1. The molecular formula is C27H27IN2O6S. The van der Waals surface area contributed by atoms with E-state index in [-0.39, 0.29) is 24.0 Å². The van der Waals surface area contributed by atoms with Crippen LogP contribution in [-0.2, 0) is 9.53 Å². The molecule has 0 aliphatic carbocycles. The molecule has 0 bridgehead atoms. The number of nitrogens with zero attached hydrogens (tertiary/aromatic N) is 2. The molecule has 0 radical (unpaired) electrons. The second kappa shape index (κ2) is 11.1. The Kier molecular flexibility index (Phi) is 8.08. The van der Waals surface area contributed by atoms with Gasteiger partial charge in [-0.15, -0.1) is 0 Å². The first-order valence-electron chi connectivity index (χ1n) is 11.7. The zero-order valence-corrected chi connectivity index (χ0v) is 24.0. The van der Waals surface area contributed by atoms with Crippen LogP contribution < -0.4 is 24.4 Å². The van der Waals surface area contributed by atoms with Crippen LogP contribution in [0.4, 0.5) is 0 Å². The van der Waals surface area contributed by atoms with Crippen LogP contribution in [0.3, 0.4) is 0 Å². The third-order valence-corrected chi connectivity index (χ3v) is 7.47. The molecule has 3 aromatic rings. The van der Waals surface area contributed by atoms with Gasteiger partial charge in [0.2, 0.25) is 0 Å². The van der Waals surface area contributed by atoms with E-state index in [1.54, 1.807) is 32.1 Å². The number of esters is 1. The number of carbonyl (C=O) groups excluding carboxylic acids is 1. The van der Waals surface area contributed by atoms with Crippen molar-refractivity contribution in [2.75, 3.05) is 13.7 Å². The summed E-state index contributed by atoms with van der Waals surface area (Å²) in [6.45, 7) is 7.51. The van der Waals surface area contributed by atoms with E-state index < -0.39 is 12.0 Å². The summed E-state index contributed by atoms with van der Waals surface area (Å²) in [5, 5.41) is 10.2. The van der Waals surface area contributed by atoms with Gasteiger partial charge in [0.15, 0.2) is 16.3 Å². The Morgan fingerprint density at radius 1 is 1.27 bits per heavy atom. The third-order valence-electron chi connectivity index (χ3n) is 5.66. The van der Waals surface area contributed by atoms with E-state index in [1.807, 2.05) is 60.7 Å². The molecular weight excluding hydrogens is 607 g/mol. The van der Waals surface area contributed by atoms with E-state index in [2.05, 4.69) is 4.99 Å². The summed E-state index contributed by atoms with van der Waals surface area (Å²) in [5.41, 5.74) is 1.83. The lowest BCUT2D eigenvalue weighted by Gasteiger charge is -2.26. The van der Waals surface area contributed by atoms with E-state index in [1.165, 1.54) is 23.0 Å². The molecule has 37 heavy (non-hydrogen) atoms. The van der Waals surface area contributed by atoms with Gasteiger partial charge in [0.05, 0.1) is 39.2 Å². The van der Waals surface area contributed by atoms with Crippen molar-refractivity contribution in [2.45, 2.75) is 39.8 Å². The van der Waals surface area contributed by atoms with Crippen molar-refractivity contribution in [1.29, 1.82) is 0 Å². The Bertz CT molecular complexity index is 1570. The van der Waals surface area contributed by atoms with Crippen LogP contribution in [0.2, 0.25) is 0 Å². The predicted molar refractivity (Wildman–Crippen MR) is 150 cm³/mol. The van der Waals surface area contributed by atoms with Crippen molar-refractivity contribution in [3.8, 4) is 17.2 Å². The molecule has 0 fully saturated rings. The minimum Gasteiger partial charge on any atom is -0.504 e. The maximum Gasteiger partial charge on any atom is 0.338 e. The number of hydrogen-bond acceptors (Lipinski definition) is 8. The molecule has 194 valence electrons. The SMILES string of the molecule is CCOC(=O)C1=C(C)N=c2s/c(=C\c3cc(I)c(O)c(OC)c3)c(=O)n2C1c1ccccc1OC(C)C. The average molecular weight is 634 g/mol. The van der Waals surface area contributed by atoms with E-state index in [4.69, 9.17) is 14.2 Å². The minimum absolute atomic E-state index is 0.0400. The molecule has 1 atom stereocenters. The number of aromatic nitrogens is 1. The number of hydrogen-bond donors (Lipinski definition) is 1. The number of fused-ring (bicyclic) bond motifs is 1. The number of para-hydroxylation sites is 1. The molecule has 0 spiro atoms. The lowest BCUT2D eigenvalue weighted by atomic mass is 9.95. The van der Waals surface area contributed by atoms with Gasteiger partial charge in [-0.3, -0.25) is 9.36 Å². The van der Waals surface area contributed by atoms with E-state index >= 15 is 0 Å². The predicted octanol–water partition coefficient (Wildman–Crippen LogP) is 3.90. The maximum absolute atomic E-state index is 13.9. The molecule has 8 nitrogen and oxygen atoms in total. The molecule has 2 heterocycles. The summed E-state index contributed by atoms with van der Waals surface area (Å²) in [6, 6.07) is 10.0. The first-order valence-corrected chi connectivity index (χ1v) is 13.6. The number of carbonyl (C=O) groups is 1. The van der Waals surface area contributed by atoms with Crippen molar-refractivity contribution in [3.63, 3.8) is 0 Å². The average Bonchev–Trinajstić information content (AvgIpc) is 3.14. The number of thiazole rings is 1. The van der Waals surface area contributed by atoms with Gasteiger partial charge in [-0.05, 0) is 80.1 Å². The van der Waals surface area contributed by atoms with Crippen LogP contribution in [0.5, 0.6) is 17.2 Å². The minimum atomic E-state index is -0.776. The van der Waals surface area contributed by atoms with Crippen LogP contribution in [0, 0.1) is 3.57 Å². The smallest absolute Gasteiger partial charge is 0.338 e. The number of halogens is 1. The highest BCUT2D eigenvalue weighted by molar-refractivity contribution is 14.1. The lowest BCUT2D eigenvalue weighted by molar-refractivity contribution is -0.139.